The smallest absolute Gasteiger partial charge is 0.191 e. The summed E-state index contributed by atoms with van der Waals surface area (Å²) in [6.07, 6.45) is 5.78. The van der Waals surface area contributed by atoms with E-state index in [4.69, 9.17) is 0 Å². The van der Waals surface area contributed by atoms with Crippen LogP contribution in [0.25, 0.3) is 0 Å². The Morgan fingerprint density at radius 1 is 1.14 bits per heavy atom. The van der Waals surface area contributed by atoms with Gasteiger partial charge >= 0.3 is 0 Å². The van der Waals surface area contributed by atoms with Gasteiger partial charge in [-0.25, -0.2) is 0 Å². The Balaban J connectivity index is 0.00000300. The molecular formula is C21H34IN7. The Bertz CT molecular complexity index is 745. The monoisotopic (exact) mass is 511 g/mol. The highest BCUT2D eigenvalue weighted by atomic mass is 127. The number of para-hydroxylation sites is 1. The van der Waals surface area contributed by atoms with Gasteiger partial charge in [0.2, 0.25) is 0 Å². The van der Waals surface area contributed by atoms with Crippen molar-refractivity contribution in [1.29, 1.82) is 0 Å². The van der Waals surface area contributed by atoms with Gasteiger partial charge in [0.1, 0.15) is 5.82 Å². The Morgan fingerprint density at radius 3 is 2.72 bits per heavy atom. The minimum Gasteiger partial charge on any atom is -0.372 e. The van der Waals surface area contributed by atoms with Gasteiger partial charge in [0.25, 0.3) is 0 Å². The molecule has 1 aromatic heterocycles. The summed E-state index contributed by atoms with van der Waals surface area (Å²) in [7, 11) is 1.81. The molecule has 29 heavy (non-hydrogen) atoms. The second-order valence-electron chi connectivity index (χ2n) is 7.12. The van der Waals surface area contributed by atoms with Crippen LogP contribution in [0.15, 0.2) is 35.3 Å². The van der Waals surface area contributed by atoms with Gasteiger partial charge in [0.05, 0.1) is 6.54 Å². The number of guanidine groups is 1. The summed E-state index contributed by atoms with van der Waals surface area (Å²) < 4.78 is 2.27. The van der Waals surface area contributed by atoms with E-state index in [1.807, 2.05) is 7.05 Å². The summed E-state index contributed by atoms with van der Waals surface area (Å²) in [5.74, 6) is 2.94. The van der Waals surface area contributed by atoms with Gasteiger partial charge in [-0.3, -0.25) is 4.99 Å². The minimum absolute atomic E-state index is 0. The number of hydrogen-bond donors (Lipinski definition) is 2. The van der Waals surface area contributed by atoms with Gasteiger partial charge in [0.15, 0.2) is 11.8 Å². The molecule has 8 heteroatoms. The molecule has 0 saturated carbocycles. The Labute approximate surface area is 191 Å². The molecule has 0 bridgehead atoms. The van der Waals surface area contributed by atoms with Crippen molar-refractivity contribution in [3.8, 4) is 0 Å². The summed E-state index contributed by atoms with van der Waals surface area (Å²) in [5.41, 5.74) is 1.28. The maximum Gasteiger partial charge on any atom is 0.191 e. The molecule has 0 amide bonds. The lowest BCUT2D eigenvalue weighted by Crippen LogP contribution is -2.39. The summed E-state index contributed by atoms with van der Waals surface area (Å²) in [4.78, 5) is 6.73. The van der Waals surface area contributed by atoms with Crippen LogP contribution in [-0.4, -0.2) is 47.4 Å². The van der Waals surface area contributed by atoms with Crippen LogP contribution in [0.5, 0.6) is 0 Å². The van der Waals surface area contributed by atoms with Crippen LogP contribution in [0.4, 0.5) is 5.69 Å². The van der Waals surface area contributed by atoms with Gasteiger partial charge in [-0.15, -0.1) is 34.2 Å². The van der Waals surface area contributed by atoms with Crippen LogP contribution in [-0.2, 0) is 19.5 Å². The van der Waals surface area contributed by atoms with E-state index in [0.29, 0.717) is 6.54 Å². The predicted molar refractivity (Wildman–Crippen MR) is 130 cm³/mol. The lowest BCUT2D eigenvalue weighted by molar-refractivity contribution is 0.596. The van der Waals surface area contributed by atoms with E-state index >= 15 is 0 Å². The van der Waals surface area contributed by atoms with E-state index in [2.05, 4.69) is 72.5 Å². The number of halogens is 1. The van der Waals surface area contributed by atoms with Gasteiger partial charge in [-0.05, 0) is 38.3 Å². The number of aromatic nitrogens is 3. The first-order valence-electron chi connectivity index (χ1n) is 10.5. The highest BCUT2D eigenvalue weighted by Gasteiger charge is 2.14. The molecule has 7 nitrogen and oxygen atoms in total. The van der Waals surface area contributed by atoms with Crippen LogP contribution in [0.1, 0.15) is 44.3 Å². The second kappa shape index (κ2) is 12.7. The SMILES string of the molecule is CCN(CCCNC(=NC)NCc1nnc2n1CCCCC2)c1ccccc1.I. The molecule has 1 aliphatic heterocycles. The van der Waals surface area contributed by atoms with Crippen LogP contribution < -0.4 is 15.5 Å². The van der Waals surface area contributed by atoms with Crippen molar-refractivity contribution in [2.75, 3.05) is 31.6 Å². The lowest BCUT2D eigenvalue weighted by Gasteiger charge is -2.23. The fourth-order valence-corrected chi connectivity index (χ4v) is 3.64. The van der Waals surface area contributed by atoms with Gasteiger partial charge in [0, 0.05) is 45.3 Å². The molecule has 2 heterocycles. The summed E-state index contributed by atoms with van der Waals surface area (Å²) in [6, 6.07) is 10.6. The fraction of sp³-hybridized carbons (Fsp3) is 0.571. The molecule has 0 saturated heterocycles. The lowest BCUT2D eigenvalue weighted by atomic mass is 10.2. The van der Waals surface area contributed by atoms with Gasteiger partial charge in [-0.1, -0.05) is 24.6 Å². The van der Waals surface area contributed by atoms with Crippen molar-refractivity contribution in [2.24, 2.45) is 4.99 Å². The molecule has 0 fully saturated rings. The van der Waals surface area contributed by atoms with Crippen molar-refractivity contribution in [2.45, 2.75) is 52.1 Å². The van der Waals surface area contributed by atoms with Crippen LogP contribution >= 0.6 is 24.0 Å². The quantitative estimate of drug-likeness (QED) is 0.247. The summed E-state index contributed by atoms with van der Waals surface area (Å²) in [6.45, 7) is 6.77. The Kier molecular flexibility index (Phi) is 10.2. The first kappa shape index (κ1) is 23.4. The second-order valence-corrected chi connectivity index (χ2v) is 7.12. The number of nitrogens with zero attached hydrogens (tertiary/aromatic N) is 5. The van der Waals surface area contributed by atoms with Crippen molar-refractivity contribution in [1.82, 2.24) is 25.4 Å². The number of aliphatic imine (C=N–C) groups is 1. The number of fused-ring (bicyclic) bond motifs is 1. The topological polar surface area (TPSA) is 70.4 Å². The molecule has 1 aromatic carbocycles. The molecule has 0 atom stereocenters. The zero-order chi connectivity index (χ0) is 19.6. The van der Waals surface area contributed by atoms with Gasteiger partial charge < -0.3 is 20.1 Å². The van der Waals surface area contributed by atoms with Crippen molar-refractivity contribution >= 4 is 35.6 Å². The van der Waals surface area contributed by atoms with E-state index in [1.165, 1.54) is 24.9 Å². The van der Waals surface area contributed by atoms with E-state index < -0.39 is 0 Å². The minimum atomic E-state index is 0. The molecular weight excluding hydrogens is 477 g/mol. The largest absolute Gasteiger partial charge is 0.372 e. The van der Waals surface area contributed by atoms with E-state index in [1.54, 1.807) is 0 Å². The number of benzene rings is 1. The number of anilines is 1. The zero-order valence-electron chi connectivity index (χ0n) is 17.6. The van der Waals surface area contributed by atoms with Crippen LogP contribution in [0, 0.1) is 0 Å². The first-order valence-corrected chi connectivity index (χ1v) is 10.5. The van der Waals surface area contributed by atoms with Crippen molar-refractivity contribution in [3.63, 3.8) is 0 Å². The standard InChI is InChI=1S/C21H33N7.HI/c1-3-27(18-11-6-4-7-12-18)15-10-14-23-21(22-2)24-17-20-26-25-19-13-8-5-9-16-28(19)20;/h4,6-7,11-12H,3,5,8-10,13-17H2,1-2H3,(H2,22,23,24);1H. The summed E-state index contributed by atoms with van der Waals surface area (Å²) in [5, 5.41) is 15.5. The van der Waals surface area contributed by atoms with Gasteiger partial charge in [-0.2, -0.15) is 0 Å². The van der Waals surface area contributed by atoms with E-state index in [0.717, 1.165) is 56.6 Å². The normalized spacial score (nSPS) is 13.8. The third kappa shape index (κ3) is 6.87. The molecule has 0 unspecified atom stereocenters. The maximum atomic E-state index is 4.37. The fourth-order valence-electron chi connectivity index (χ4n) is 3.64. The highest BCUT2D eigenvalue weighted by Crippen LogP contribution is 2.14. The molecule has 160 valence electrons. The maximum absolute atomic E-state index is 4.37. The average Bonchev–Trinajstić information content (AvgIpc) is 2.97. The third-order valence-corrected chi connectivity index (χ3v) is 5.22. The van der Waals surface area contributed by atoms with Crippen molar-refractivity contribution < 1.29 is 0 Å². The van der Waals surface area contributed by atoms with E-state index in [-0.39, 0.29) is 24.0 Å². The number of aryl methyl sites for hydroxylation is 1. The molecule has 3 rings (SSSR count). The molecule has 2 N–H and O–H groups in total. The van der Waals surface area contributed by atoms with Crippen LogP contribution in [0.2, 0.25) is 0 Å². The first-order chi connectivity index (χ1) is 13.8. The Morgan fingerprint density at radius 2 is 1.97 bits per heavy atom. The molecule has 0 radical (unpaired) electrons. The van der Waals surface area contributed by atoms with Crippen molar-refractivity contribution in [3.05, 3.63) is 42.0 Å². The number of nitrogens with one attached hydrogen (secondary N) is 2. The number of hydrogen-bond acceptors (Lipinski definition) is 4. The molecule has 1 aliphatic rings. The summed E-state index contributed by atoms with van der Waals surface area (Å²) >= 11 is 0. The predicted octanol–water partition coefficient (Wildman–Crippen LogP) is 3.20. The highest BCUT2D eigenvalue weighted by molar-refractivity contribution is 14.0. The third-order valence-electron chi connectivity index (χ3n) is 5.22. The van der Waals surface area contributed by atoms with E-state index in [9.17, 15) is 0 Å². The van der Waals surface area contributed by atoms with Crippen LogP contribution in [0.3, 0.4) is 0 Å². The zero-order valence-corrected chi connectivity index (χ0v) is 19.9. The Hall–Kier alpha value is -1.84. The molecule has 0 spiro atoms. The average molecular weight is 511 g/mol. The number of rotatable bonds is 8. The molecule has 0 aliphatic carbocycles. The molecule has 2 aromatic rings.